The number of carbonyl (C=O) groups excluding carboxylic acids is 1. The average molecular weight is 451 g/mol. The molecular weight excluding hydrogens is 423 g/mol. The van der Waals surface area contributed by atoms with Crippen molar-refractivity contribution in [2.24, 2.45) is 0 Å². The molecule has 168 valence electrons. The van der Waals surface area contributed by atoms with Gasteiger partial charge in [-0.1, -0.05) is 23.7 Å². The average Bonchev–Trinajstić information content (AvgIpc) is 2.78. The van der Waals surface area contributed by atoms with E-state index >= 15 is 0 Å². The van der Waals surface area contributed by atoms with Crippen LogP contribution in [0, 0.1) is 5.82 Å². The van der Waals surface area contributed by atoms with Gasteiger partial charge in [-0.2, -0.15) is 0 Å². The van der Waals surface area contributed by atoms with E-state index in [1.54, 1.807) is 13.2 Å². The van der Waals surface area contributed by atoms with Gasteiger partial charge in [0.05, 0.1) is 39.4 Å². The zero-order valence-electron chi connectivity index (χ0n) is 17.8. The van der Waals surface area contributed by atoms with Gasteiger partial charge >= 0.3 is 0 Å². The van der Waals surface area contributed by atoms with Crippen molar-refractivity contribution >= 4 is 17.5 Å². The second-order valence-electron chi connectivity index (χ2n) is 7.19. The fourth-order valence-corrected chi connectivity index (χ4v) is 3.88. The molecule has 0 unspecified atom stereocenters. The summed E-state index contributed by atoms with van der Waals surface area (Å²) in [4.78, 5) is 14.8. The molecule has 1 N–H and O–H groups in total. The predicted octanol–water partition coefficient (Wildman–Crippen LogP) is 3.62. The van der Waals surface area contributed by atoms with E-state index in [9.17, 15) is 9.18 Å². The maximum atomic E-state index is 14.0. The van der Waals surface area contributed by atoms with Crippen molar-refractivity contribution in [1.82, 2.24) is 10.2 Å². The van der Waals surface area contributed by atoms with Gasteiger partial charge < -0.3 is 19.5 Å². The van der Waals surface area contributed by atoms with E-state index in [0.29, 0.717) is 37.9 Å². The number of benzene rings is 2. The third-order valence-corrected chi connectivity index (χ3v) is 5.60. The number of halogens is 2. The van der Waals surface area contributed by atoms with Crippen LogP contribution in [0.1, 0.15) is 24.1 Å². The van der Waals surface area contributed by atoms with E-state index in [-0.39, 0.29) is 29.0 Å². The molecule has 31 heavy (non-hydrogen) atoms. The Morgan fingerprint density at radius 1 is 1.26 bits per heavy atom. The molecule has 1 saturated heterocycles. The summed E-state index contributed by atoms with van der Waals surface area (Å²) in [5.74, 6) is 0.543. The Balaban J connectivity index is 1.76. The van der Waals surface area contributed by atoms with Crippen LogP contribution in [0.25, 0.3) is 0 Å². The summed E-state index contributed by atoms with van der Waals surface area (Å²) in [5, 5.41) is 3.19. The van der Waals surface area contributed by atoms with Crippen LogP contribution in [0.2, 0.25) is 5.02 Å². The highest BCUT2D eigenvalue weighted by Crippen LogP contribution is 2.32. The van der Waals surface area contributed by atoms with Gasteiger partial charge in [-0.05, 0) is 36.8 Å². The van der Waals surface area contributed by atoms with Crippen LogP contribution in [0.15, 0.2) is 36.4 Å². The molecule has 0 spiro atoms. The number of methoxy groups -OCH3 is 1. The second kappa shape index (κ2) is 11.3. The van der Waals surface area contributed by atoms with Gasteiger partial charge in [-0.25, -0.2) is 4.39 Å². The molecule has 8 heteroatoms. The monoisotopic (exact) mass is 450 g/mol. The summed E-state index contributed by atoms with van der Waals surface area (Å²) in [6, 6.07) is 10.1. The molecule has 6 nitrogen and oxygen atoms in total. The van der Waals surface area contributed by atoms with E-state index in [2.05, 4.69) is 10.2 Å². The highest BCUT2D eigenvalue weighted by atomic mass is 35.5. The highest BCUT2D eigenvalue weighted by molar-refractivity contribution is 6.31. The van der Waals surface area contributed by atoms with Crippen molar-refractivity contribution in [2.75, 3.05) is 46.6 Å². The smallest absolute Gasteiger partial charge is 0.224 e. The standard InChI is InChI=1S/C23H28ClFN2O4/c1-3-31-21-8-7-16(13-22(21)29-2)20(27-9-11-30-12-10-27)15-26-23(28)14-17-18(24)5-4-6-19(17)25/h4-8,13,20H,3,9-12,14-15H2,1-2H3,(H,26,28)/t20-/m1/s1. The minimum atomic E-state index is -0.483. The maximum absolute atomic E-state index is 14.0. The van der Waals surface area contributed by atoms with E-state index < -0.39 is 5.82 Å². The van der Waals surface area contributed by atoms with E-state index in [1.165, 1.54) is 12.1 Å². The lowest BCUT2D eigenvalue weighted by atomic mass is 10.0. The number of ether oxygens (including phenoxy) is 3. The largest absolute Gasteiger partial charge is 0.493 e. The number of hydrogen-bond donors (Lipinski definition) is 1. The lowest BCUT2D eigenvalue weighted by Gasteiger charge is -2.35. The number of morpholine rings is 1. The number of hydrogen-bond acceptors (Lipinski definition) is 5. The third kappa shape index (κ3) is 6.09. The Morgan fingerprint density at radius 3 is 2.71 bits per heavy atom. The maximum Gasteiger partial charge on any atom is 0.224 e. The molecule has 0 saturated carbocycles. The van der Waals surface area contributed by atoms with Gasteiger partial charge in [0.2, 0.25) is 5.91 Å². The molecule has 3 rings (SSSR count). The zero-order valence-corrected chi connectivity index (χ0v) is 18.6. The van der Waals surface area contributed by atoms with E-state index in [0.717, 1.165) is 18.7 Å². The van der Waals surface area contributed by atoms with Crippen molar-refractivity contribution in [3.8, 4) is 11.5 Å². The zero-order chi connectivity index (χ0) is 22.2. The fourth-order valence-electron chi connectivity index (χ4n) is 3.65. The van der Waals surface area contributed by atoms with Crippen LogP contribution >= 0.6 is 11.6 Å². The second-order valence-corrected chi connectivity index (χ2v) is 7.60. The van der Waals surface area contributed by atoms with Crippen molar-refractivity contribution in [2.45, 2.75) is 19.4 Å². The molecule has 0 aliphatic carbocycles. The van der Waals surface area contributed by atoms with E-state index in [4.69, 9.17) is 25.8 Å². The predicted molar refractivity (Wildman–Crippen MR) is 117 cm³/mol. The van der Waals surface area contributed by atoms with E-state index in [1.807, 2.05) is 25.1 Å². The van der Waals surface area contributed by atoms with Crippen molar-refractivity contribution in [1.29, 1.82) is 0 Å². The Kier molecular flexibility index (Phi) is 8.51. The first kappa shape index (κ1) is 23.3. The first-order valence-corrected chi connectivity index (χ1v) is 10.7. The Morgan fingerprint density at radius 2 is 2.03 bits per heavy atom. The molecule has 2 aromatic carbocycles. The number of nitrogens with zero attached hydrogens (tertiary/aromatic N) is 1. The van der Waals surface area contributed by atoms with Gasteiger partial charge in [-0.15, -0.1) is 0 Å². The van der Waals surface area contributed by atoms with Gasteiger partial charge in [0, 0.05) is 30.2 Å². The molecule has 1 atom stereocenters. The third-order valence-electron chi connectivity index (χ3n) is 5.25. The quantitative estimate of drug-likeness (QED) is 0.632. The van der Waals surface area contributed by atoms with Crippen molar-refractivity contribution in [3.05, 3.63) is 58.4 Å². The normalized spacial score (nSPS) is 15.4. The fraction of sp³-hybridized carbons (Fsp3) is 0.435. The van der Waals surface area contributed by atoms with Crippen LogP contribution in [-0.4, -0.2) is 57.4 Å². The SMILES string of the molecule is CCOc1ccc([C@@H](CNC(=O)Cc2c(F)cccc2Cl)N2CCOCC2)cc1OC. The van der Waals surface area contributed by atoms with Crippen LogP contribution in [0.4, 0.5) is 4.39 Å². The van der Waals surface area contributed by atoms with Crippen LogP contribution in [-0.2, 0) is 16.0 Å². The molecule has 0 radical (unpaired) electrons. The molecule has 1 fully saturated rings. The molecule has 0 aromatic heterocycles. The molecule has 1 aliphatic rings. The van der Waals surface area contributed by atoms with Gasteiger partial charge in [0.15, 0.2) is 11.5 Å². The van der Waals surface area contributed by atoms with Crippen molar-refractivity contribution < 1.29 is 23.4 Å². The Bertz CT molecular complexity index is 870. The van der Waals surface area contributed by atoms with Crippen molar-refractivity contribution in [3.63, 3.8) is 0 Å². The topological polar surface area (TPSA) is 60.0 Å². The minimum absolute atomic E-state index is 0.0893. The molecule has 2 aromatic rings. The highest BCUT2D eigenvalue weighted by Gasteiger charge is 2.25. The summed E-state index contributed by atoms with van der Waals surface area (Å²) in [7, 11) is 1.60. The van der Waals surface area contributed by atoms with Gasteiger partial charge in [-0.3, -0.25) is 9.69 Å². The number of nitrogens with one attached hydrogen (secondary N) is 1. The Hall–Kier alpha value is -2.35. The first-order chi connectivity index (χ1) is 15.0. The molecule has 1 heterocycles. The van der Waals surface area contributed by atoms with Crippen LogP contribution in [0.5, 0.6) is 11.5 Å². The summed E-state index contributed by atoms with van der Waals surface area (Å²) in [6.45, 7) is 5.57. The summed E-state index contributed by atoms with van der Waals surface area (Å²) < 4.78 is 30.6. The number of amides is 1. The van der Waals surface area contributed by atoms with Crippen LogP contribution < -0.4 is 14.8 Å². The van der Waals surface area contributed by atoms with Crippen LogP contribution in [0.3, 0.4) is 0 Å². The number of rotatable bonds is 9. The summed E-state index contributed by atoms with van der Waals surface area (Å²) in [5.41, 5.74) is 1.19. The molecule has 1 amide bonds. The van der Waals surface area contributed by atoms with Gasteiger partial charge in [0.25, 0.3) is 0 Å². The summed E-state index contributed by atoms with van der Waals surface area (Å²) in [6.07, 6.45) is -0.117. The molecule has 0 bridgehead atoms. The Labute approximate surface area is 187 Å². The lowest BCUT2D eigenvalue weighted by Crippen LogP contribution is -2.44. The molecular formula is C23H28ClFN2O4. The minimum Gasteiger partial charge on any atom is -0.493 e. The van der Waals surface area contributed by atoms with Gasteiger partial charge in [0.1, 0.15) is 5.82 Å². The number of carbonyl (C=O) groups is 1. The molecule has 1 aliphatic heterocycles. The summed E-state index contributed by atoms with van der Waals surface area (Å²) >= 11 is 6.06. The lowest BCUT2D eigenvalue weighted by molar-refractivity contribution is -0.120. The first-order valence-electron chi connectivity index (χ1n) is 10.4.